The molecule has 4 amide bonds. The van der Waals surface area contributed by atoms with Gasteiger partial charge in [-0.25, -0.2) is 13.1 Å². The Balaban J connectivity index is 1.34. The molecule has 3 fully saturated rings. The number of rotatable bonds is 11. The van der Waals surface area contributed by atoms with E-state index >= 15 is 0 Å². The van der Waals surface area contributed by atoms with E-state index in [1.54, 1.807) is 38.2 Å². The number of nitrogens with two attached hydrogens (primary N) is 1. The lowest BCUT2D eigenvalue weighted by Crippen LogP contribution is -2.64. The van der Waals surface area contributed by atoms with Gasteiger partial charge in [-0.15, -0.1) is 5.10 Å². The highest BCUT2D eigenvalue weighted by molar-refractivity contribution is 7.91. The van der Waals surface area contributed by atoms with E-state index in [1.807, 2.05) is 0 Å². The molecular formula is C34H45N9O8S. The van der Waals surface area contributed by atoms with E-state index in [4.69, 9.17) is 5.73 Å². The van der Waals surface area contributed by atoms with Crippen LogP contribution in [0, 0.1) is 5.92 Å². The average Bonchev–Trinajstić information content (AvgIpc) is 3.88. The van der Waals surface area contributed by atoms with Crippen LogP contribution in [0.5, 0.6) is 0 Å². The van der Waals surface area contributed by atoms with Crippen LogP contribution in [-0.2, 0) is 34.6 Å². The highest BCUT2D eigenvalue weighted by atomic mass is 32.2. The minimum atomic E-state index is -3.53. The third-order valence-corrected chi connectivity index (χ3v) is 12.4. The number of likely N-dealkylation sites (tertiary alicyclic amines) is 1. The number of sulfone groups is 1. The van der Waals surface area contributed by atoms with Gasteiger partial charge in [-0.05, 0) is 51.2 Å². The second-order valence-electron chi connectivity index (χ2n) is 14.9. The highest BCUT2D eigenvalue weighted by Gasteiger charge is 2.50. The molecule has 1 aliphatic carbocycles. The molecule has 2 saturated heterocycles. The normalized spacial score (nSPS) is 22.5. The molecule has 0 bridgehead atoms. The van der Waals surface area contributed by atoms with Crippen LogP contribution in [0.25, 0.3) is 10.9 Å². The zero-order valence-electron chi connectivity index (χ0n) is 29.2. The lowest BCUT2D eigenvalue weighted by Gasteiger charge is -2.37. The van der Waals surface area contributed by atoms with E-state index in [-0.39, 0.29) is 31.7 Å². The fourth-order valence-corrected chi connectivity index (χ4v) is 9.31. The predicted octanol–water partition coefficient (Wildman–Crippen LogP) is 0.411. The quantitative estimate of drug-likeness (QED) is 0.168. The summed E-state index contributed by atoms with van der Waals surface area (Å²) in [6.45, 7) is 3.04. The summed E-state index contributed by atoms with van der Waals surface area (Å²) in [5.74, 6) is -5.01. The van der Waals surface area contributed by atoms with Crippen molar-refractivity contribution in [2.45, 2.75) is 101 Å². The summed E-state index contributed by atoms with van der Waals surface area (Å²) in [5.41, 5.74) is 3.41. The Kier molecular flexibility index (Phi) is 10.2. The van der Waals surface area contributed by atoms with Gasteiger partial charge in [0.1, 0.15) is 23.2 Å². The van der Waals surface area contributed by atoms with Gasteiger partial charge in [0.05, 0.1) is 41.2 Å². The third kappa shape index (κ3) is 7.72. The molecule has 6 N–H and O–H groups in total. The number of fused-ring (bicyclic) bond motifs is 1. The molecule has 0 unspecified atom stereocenters. The van der Waals surface area contributed by atoms with Crippen molar-refractivity contribution in [1.29, 1.82) is 0 Å². The Morgan fingerprint density at radius 3 is 2.48 bits per heavy atom. The van der Waals surface area contributed by atoms with E-state index in [1.165, 1.54) is 15.8 Å². The fraction of sp³-hybridized carbons (Fsp3) is 0.588. The maximum absolute atomic E-state index is 14.8. The van der Waals surface area contributed by atoms with E-state index < -0.39 is 80.0 Å². The number of hydrogen-bond donors (Lipinski definition) is 5. The zero-order valence-corrected chi connectivity index (χ0v) is 30.0. The molecule has 6 rings (SSSR count). The van der Waals surface area contributed by atoms with E-state index in [9.17, 15) is 37.5 Å². The second kappa shape index (κ2) is 14.4. The number of aromatic nitrogens is 5. The minimum absolute atomic E-state index is 0.0241. The Morgan fingerprint density at radius 1 is 1.10 bits per heavy atom. The van der Waals surface area contributed by atoms with Gasteiger partial charge in [0.15, 0.2) is 9.84 Å². The first kappa shape index (κ1) is 37.1. The number of carbonyl (C=O) groups excluding carboxylic acids is 5. The summed E-state index contributed by atoms with van der Waals surface area (Å²) in [5, 5.41) is 32.3. The van der Waals surface area contributed by atoms with Gasteiger partial charge in [0.2, 0.25) is 17.6 Å². The van der Waals surface area contributed by atoms with Crippen molar-refractivity contribution >= 4 is 50.2 Å². The maximum atomic E-state index is 14.8. The summed E-state index contributed by atoms with van der Waals surface area (Å²) in [7, 11) is -3.53. The van der Waals surface area contributed by atoms with E-state index in [2.05, 4.69) is 31.1 Å². The van der Waals surface area contributed by atoms with Crippen LogP contribution in [0.4, 0.5) is 0 Å². The standard InChI is InChI=1S/C34H45N9O8S/c1-33(2,49)27-18-37-41-43(27)23-16-26(31(47)39-34(28(44)29(35)45)10-12-52(50,51)13-11-34)42(19-23)32(48)25(14-20-6-4-3-5-7-20)38-30(46)21-8-9-22-17-36-40-24(22)15-21/h8-9,15,17-18,20,23,25-26,49H,3-7,10-14,16,19H2,1-2H3,(H2,35,45)(H,36,40)(H,38,46)(H,39,47)/t23-,25+,26-/m0/s1. The zero-order chi connectivity index (χ0) is 37.4. The molecule has 0 radical (unpaired) electrons. The number of ketones is 1. The molecule has 3 atom stereocenters. The van der Waals surface area contributed by atoms with Gasteiger partial charge in [0.25, 0.3) is 11.8 Å². The van der Waals surface area contributed by atoms with Crippen molar-refractivity contribution in [3.05, 3.63) is 41.9 Å². The molecule has 52 heavy (non-hydrogen) atoms. The summed E-state index contributed by atoms with van der Waals surface area (Å²) in [4.78, 5) is 69.5. The largest absolute Gasteiger partial charge is 0.384 e. The Morgan fingerprint density at radius 2 is 1.81 bits per heavy atom. The van der Waals surface area contributed by atoms with Crippen LogP contribution in [0.1, 0.15) is 93.7 Å². The van der Waals surface area contributed by atoms with Crippen LogP contribution in [0.2, 0.25) is 0 Å². The van der Waals surface area contributed by atoms with Crippen LogP contribution >= 0.6 is 0 Å². The first-order valence-electron chi connectivity index (χ1n) is 17.6. The molecule has 18 heteroatoms. The number of aromatic amines is 1. The smallest absolute Gasteiger partial charge is 0.287 e. The van der Waals surface area contributed by atoms with Gasteiger partial charge in [0, 0.05) is 23.9 Å². The van der Waals surface area contributed by atoms with Gasteiger partial charge >= 0.3 is 0 Å². The molecule has 2 aromatic heterocycles. The topological polar surface area (TPSA) is 252 Å². The monoisotopic (exact) mass is 739 g/mol. The lowest BCUT2D eigenvalue weighted by molar-refractivity contribution is -0.145. The molecule has 3 aliphatic rings. The van der Waals surface area contributed by atoms with Crippen LogP contribution < -0.4 is 16.4 Å². The Hall–Kier alpha value is -4.71. The van der Waals surface area contributed by atoms with E-state index in [0.29, 0.717) is 23.2 Å². The molecule has 4 heterocycles. The number of aliphatic hydroxyl groups is 1. The number of benzene rings is 1. The molecule has 1 aromatic carbocycles. The SMILES string of the molecule is CC(C)(O)c1cnnn1[C@H]1C[C@@H](C(=O)NC2(C(=O)C(N)=O)CCS(=O)(=O)CC2)N(C(=O)[C@@H](CC2CCCCC2)NC(=O)c2ccc3cn[nH]c3c2)C1. The molecule has 17 nitrogen and oxygen atoms in total. The van der Waals surface area contributed by atoms with Gasteiger partial charge in [-0.3, -0.25) is 29.1 Å². The molecule has 1 saturated carbocycles. The van der Waals surface area contributed by atoms with Crippen LogP contribution in [0.3, 0.4) is 0 Å². The first-order valence-corrected chi connectivity index (χ1v) is 19.4. The summed E-state index contributed by atoms with van der Waals surface area (Å²) >= 11 is 0. The second-order valence-corrected chi connectivity index (χ2v) is 17.2. The number of nitrogens with one attached hydrogen (secondary N) is 3. The van der Waals surface area contributed by atoms with Crippen molar-refractivity contribution in [3.63, 3.8) is 0 Å². The molecule has 0 spiro atoms. The Bertz CT molecular complexity index is 1960. The summed E-state index contributed by atoms with van der Waals surface area (Å²) in [6, 6.07) is 2.10. The predicted molar refractivity (Wildman–Crippen MR) is 186 cm³/mol. The lowest BCUT2D eigenvalue weighted by atomic mass is 9.84. The summed E-state index contributed by atoms with van der Waals surface area (Å²) in [6.07, 6.45) is 7.42. The van der Waals surface area contributed by atoms with Gasteiger partial charge in [-0.2, -0.15) is 5.10 Å². The number of nitrogens with zero attached hydrogens (tertiary/aromatic N) is 5. The molecular weight excluding hydrogens is 694 g/mol. The van der Waals surface area contributed by atoms with Crippen molar-refractivity contribution in [1.82, 2.24) is 40.7 Å². The molecule has 3 aromatic rings. The van der Waals surface area contributed by atoms with Crippen molar-refractivity contribution in [3.8, 4) is 0 Å². The van der Waals surface area contributed by atoms with Crippen molar-refractivity contribution in [2.75, 3.05) is 18.1 Å². The molecule has 2 aliphatic heterocycles. The number of primary amides is 1. The Labute approximate surface area is 300 Å². The average molecular weight is 740 g/mol. The van der Waals surface area contributed by atoms with Gasteiger partial charge < -0.3 is 26.4 Å². The first-order chi connectivity index (χ1) is 24.6. The third-order valence-electron chi connectivity index (χ3n) is 10.7. The highest BCUT2D eigenvalue weighted by Crippen LogP contribution is 2.35. The molecule has 280 valence electrons. The number of amides is 4. The van der Waals surface area contributed by atoms with E-state index in [0.717, 1.165) is 37.5 Å². The number of hydrogen-bond acceptors (Lipinski definition) is 11. The summed E-state index contributed by atoms with van der Waals surface area (Å²) < 4.78 is 26.1. The number of H-pyrrole nitrogens is 1. The number of carbonyl (C=O) groups is 5. The fourth-order valence-electron chi connectivity index (χ4n) is 7.78. The minimum Gasteiger partial charge on any atom is -0.384 e. The maximum Gasteiger partial charge on any atom is 0.287 e. The van der Waals surface area contributed by atoms with Crippen molar-refractivity contribution < 1.29 is 37.5 Å². The van der Waals surface area contributed by atoms with Crippen LogP contribution in [-0.4, -0.2) is 109 Å². The van der Waals surface area contributed by atoms with Gasteiger partial charge in [-0.1, -0.05) is 43.4 Å². The van der Waals surface area contributed by atoms with Crippen molar-refractivity contribution in [2.24, 2.45) is 11.7 Å². The number of Topliss-reactive ketones (excluding diaryl/α,β-unsaturated/α-hetero) is 1. The van der Waals surface area contributed by atoms with Crippen LogP contribution in [0.15, 0.2) is 30.6 Å².